The molecule has 0 aromatic carbocycles. The van der Waals surface area contributed by atoms with Gasteiger partial charge in [-0.1, -0.05) is 15.9 Å². The Morgan fingerprint density at radius 3 is 2.40 bits per heavy atom. The van der Waals surface area contributed by atoms with E-state index in [9.17, 15) is 5.21 Å². The fraction of sp³-hybridized carbons (Fsp3) is 0.636. The van der Waals surface area contributed by atoms with Crippen LogP contribution in [0.3, 0.4) is 0 Å². The quantitative estimate of drug-likeness (QED) is 0.795. The second kappa shape index (κ2) is 3.29. The Kier molecular flexibility index (Phi) is 2.54. The van der Waals surface area contributed by atoms with Crippen LogP contribution in [0.5, 0.6) is 0 Å². The van der Waals surface area contributed by atoms with Crippen molar-refractivity contribution >= 4 is 27.3 Å². The molecule has 0 saturated heterocycles. The summed E-state index contributed by atoms with van der Waals surface area (Å²) < 4.78 is 0. The Hall–Kier alpha value is 0.1000. The molecule has 84 valence electrons. The van der Waals surface area contributed by atoms with Gasteiger partial charge in [-0.05, 0) is 39.3 Å². The molecular formula is C11H16BrNOS. The van der Waals surface area contributed by atoms with E-state index in [2.05, 4.69) is 49.7 Å². The molecule has 0 spiro atoms. The maximum Gasteiger partial charge on any atom is 0.0758 e. The van der Waals surface area contributed by atoms with Gasteiger partial charge in [0, 0.05) is 15.1 Å². The van der Waals surface area contributed by atoms with Crippen molar-refractivity contribution in [3.63, 3.8) is 0 Å². The average Bonchev–Trinajstić information content (AvgIpc) is 2.64. The first kappa shape index (κ1) is 11.6. The Balaban J connectivity index is 2.61. The van der Waals surface area contributed by atoms with Crippen molar-refractivity contribution in [1.82, 2.24) is 5.06 Å². The van der Waals surface area contributed by atoms with Crippen LogP contribution in [0.4, 0.5) is 0 Å². The lowest BCUT2D eigenvalue weighted by Gasteiger charge is -2.35. The maximum absolute atomic E-state index is 10.2. The summed E-state index contributed by atoms with van der Waals surface area (Å²) in [6.45, 7) is 8.25. The van der Waals surface area contributed by atoms with Crippen molar-refractivity contribution in [2.45, 2.75) is 44.1 Å². The molecule has 1 N–H and O–H groups in total. The number of hydrogen-bond acceptors (Lipinski definition) is 3. The first-order chi connectivity index (χ1) is 6.81. The van der Waals surface area contributed by atoms with E-state index in [1.165, 1.54) is 20.4 Å². The molecule has 1 aromatic heterocycles. The molecule has 0 fully saturated rings. The minimum absolute atomic E-state index is 0.274. The molecule has 2 heterocycles. The molecule has 1 aliphatic rings. The Morgan fingerprint density at radius 1 is 1.33 bits per heavy atom. The Labute approximate surface area is 103 Å². The molecule has 0 unspecified atom stereocenters. The molecular weight excluding hydrogens is 274 g/mol. The second-order valence-corrected chi connectivity index (χ2v) is 6.72. The van der Waals surface area contributed by atoms with Crippen LogP contribution in [0.15, 0.2) is 6.07 Å². The first-order valence-electron chi connectivity index (χ1n) is 5.00. The van der Waals surface area contributed by atoms with Crippen LogP contribution >= 0.6 is 27.3 Å². The second-order valence-electron chi connectivity index (χ2n) is 5.02. The highest BCUT2D eigenvalue weighted by molar-refractivity contribution is 9.08. The highest BCUT2D eigenvalue weighted by Gasteiger charge is 2.50. The summed E-state index contributed by atoms with van der Waals surface area (Å²) in [6.07, 6.45) is 0. The van der Waals surface area contributed by atoms with Gasteiger partial charge in [0.25, 0.3) is 0 Å². The predicted molar refractivity (Wildman–Crippen MR) is 66.6 cm³/mol. The van der Waals surface area contributed by atoms with E-state index >= 15 is 0 Å². The number of hydroxylamine groups is 2. The summed E-state index contributed by atoms with van der Waals surface area (Å²) in [7, 11) is 0. The lowest BCUT2D eigenvalue weighted by Crippen LogP contribution is -2.42. The van der Waals surface area contributed by atoms with Crippen LogP contribution in [0.1, 0.15) is 43.0 Å². The molecule has 0 atom stereocenters. The van der Waals surface area contributed by atoms with E-state index in [0.29, 0.717) is 0 Å². The molecule has 0 saturated carbocycles. The number of thiophene rings is 1. The normalized spacial score (nSPS) is 23.1. The van der Waals surface area contributed by atoms with E-state index in [0.717, 1.165) is 5.33 Å². The number of alkyl halides is 1. The fourth-order valence-corrected chi connectivity index (χ4v) is 4.08. The summed E-state index contributed by atoms with van der Waals surface area (Å²) in [4.78, 5) is 2.61. The summed E-state index contributed by atoms with van der Waals surface area (Å²) in [5, 5.41) is 12.5. The zero-order valence-corrected chi connectivity index (χ0v) is 11.9. The number of halogens is 1. The van der Waals surface area contributed by atoms with E-state index in [1.54, 1.807) is 11.3 Å². The van der Waals surface area contributed by atoms with E-state index in [1.807, 2.05) is 0 Å². The average molecular weight is 290 g/mol. The summed E-state index contributed by atoms with van der Waals surface area (Å²) in [6, 6.07) is 2.20. The SMILES string of the molecule is CC1(C)c2cc(CBr)sc2C(C)(C)N1O. The molecule has 2 rings (SSSR count). The van der Waals surface area contributed by atoms with Crippen molar-refractivity contribution in [2.75, 3.05) is 0 Å². The van der Waals surface area contributed by atoms with E-state index in [-0.39, 0.29) is 11.1 Å². The Morgan fingerprint density at radius 2 is 1.93 bits per heavy atom. The molecule has 15 heavy (non-hydrogen) atoms. The molecule has 1 aliphatic heterocycles. The van der Waals surface area contributed by atoms with Crippen molar-refractivity contribution in [3.8, 4) is 0 Å². The van der Waals surface area contributed by atoms with Crippen molar-refractivity contribution in [1.29, 1.82) is 0 Å². The van der Waals surface area contributed by atoms with Gasteiger partial charge >= 0.3 is 0 Å². The summed E-state index contributed by atoms with van der Waals surface area (Å²) in [5.41, 5.74) is 0.703. The van der Waals surface area contributed by atoms with E-state index < -0.39 is 0 Å². The van der Waals surface area contributed by atoms with Gasteiger partial charge in [-0.2, -0.15) is 5.06 Å². The van der Waals surface area contributed by atoms with Gasteiger partial charge in [-0.15, -0.1) is 11.3 Å². The molecule has 4 heteroatoms. The molecule has 0 radical (unpaired) electrons. The standard InChI is InChI=1S/C11H16BrNOS/c1-10(2)8-5-7(6-12)15-9(8)11(3,4)13(10)14/h5,14H,6H2,1-4H3. The highest BCUT2D eigenvalue weighted by Crippen LogP contribution is 2.51. The van der Waals surface area contributed by atoms with Crippen LogP contribution in [-0.2, 0) is 16.4 Å². The van der Waals surface area contributed by atoms with Gasteiger partial charge in [-0.25, -0.2) is 0 Å². The minimum Gasteiger partial charge on any atom is -0.312 e. The van der Waals surface area contributed by atoms with Crippen LogP contribution in [0.25, 0.3) is 0 Å². The third-order valence-corrected chi connectivity index (χ3v) is 5.61. The maximum atomic E-state index is 10.2. The molecule has 0 aliphatic carbocycles. The van der Waals surface area contributed by atoms with Gasteiger partial charge < -0.3 is 5.21 Å². The number of nitrogens with zero attached hydrogens (tertiary/aromatic N) is 1. The summed E-state index contributed by atoms with van der Waals surface area (Å²) in [5.74, 6) is 0. The summed E-state index contributed by atoms with van der Waals surface area (Å²) >= 11 is 5.27. The van der Waals surface area contributed by atoms with Gasteiger partial charge in [0.1, 0.15) is 0 Å². The zero-order chi connectivity index (χ0) is 11.4. The molecule has 0 amide bonds. The van der Waals surface area contributed by atoms with Crippen LogP contribution in [-0.4, -0.2) is 10.3 Å². The molecule has 0 bridgehead atoms. The molecule has 1 aromatic rings. The van der Waals surface area contributed by atoms with Crippen molar-refractivity contribution < 1.29 is 5.21 Å². The van der Waals surface area contributed by atoms with Crippen molar-refractivity contribution in [3.05, 3.63) is 21.4 Å². The topological polar surface area (TPSA) is 23.5 Å². The highest BCUT2D eigenvalue weighted by atomic mass is 79.9. The fourth-order valence-electron chi connectivity index (χ4n) is 2.33. The lowest BCUT2D eigenvalue weighted by molar-refractivity contribution is -0.215. The third-order valence-electron chi connectivity index (χ3n) is 3.19. The van der Waals surface area contributed by atoms with Gasteiger partial charge in [0.2, 0.25) is 0 Å². The molecule has 2 nitrogen and oxygen atoms in total. The van der Waals surface area contributed by atoms with E-state index in [4.69, 9.17) is 0 Å². The van der Waals surface area contributed by atoms with Gasteiger partial charge in [-0.3, -0.25) is 0 Å². The number of fused-ring (bicyclic) bond motifs is 1. The smallest absolute Gasteiger partial charge is 0.0758 e. The van der Waals surface area contributed by atoms with Crippen LogP contribution in [0, 0.1) is 0 Å². The zero-order valence-electron chi connectivity index (χ0n) is 9.47. The first-order valence-corrected chi connectivity index (χ1v) is 6.94. The predicted octanol–water partition coefficient (Wildman–Crippen LogP) is 3.82. The lowest BCUT2D eigenvalue weighted by atomic mass is 9.98. The van der Waals surface area contributed by atoms with Gasteiger partial charge in [0.05, 0.1) is 11.1 Å². The third kappa shape index (κ3) is 1.42. The monoisotopic (exact) mass is 289 g/mol. The van der Waals surface area contributed by atoms with Crippen molar-refractivity contribution in [2.24, 2.45) is 0 Å². The largest absolute Gasteiger partial charge is 0.312 e. The van der Waals surface area contributed by atoms with Crippen LogP contribution in [0.2, 0.25) is 0 Å². The minimum atomic E-state index is -0.282. The number of hydrogen-bond donors (Lipinski definition) is 1. The van der Waals surface area contributed by atoms with Gasteiger partial charge in [0.15, 0.2) is 0 Å². The Bertz CT molecular complexity index is 364. The number of rotatable bonds is 1. The van der Waals surface area contributed by atoms with Crippen LogP contribution < -0.4 is 0 Å².